The van der Waals surface area contributed by atoms with E-state index in [0.29, 0.717) is 0 Å². The first-order chi connectivity index (χ1) is 9.93. The molecule has 118 valence electrons. The van der Waals surface area contributed by atoms with E-state index in [1.165, 1.54) is 0 Å². The number of hydrogen-bond donors (Lipinski definition) is 0. The van der Waals surface area contributed by atoms with Crippen molar-refractivity contribution in [1.82, 2.24) is 9.47 Å². The van der Waals surface area contributed by atoms with E-state index in [1.54, 1.807) is 6.92 Å². The first-order valence-corrected chi connectivity index (χ1v) is 8.06. The predicted octanol–water partition coefficient (Wildman–Crippen LogP) is 2.64. The molecule has 2 unspecified atom stereocenters. The molecule has 1 aliphatic rings. The van der Waals surface area contributed by atoms with E-state index in [4.69, 9.17) is 16.3 Å². The number of likely N-dealkylation sites (N-methyl/N-ethyl adjacent to an activating group) is 1. The van der Waals surface area contributed by atoms with Gasteiger partial charge in [0, 0.05) is 30.0 Å². The molecule has 0 radical (unpaired) electrons. The summed E-state index contributed by atoms with van der Waals surface area (Å²) in [4.78, 5) is 14.5. The fourth-order valence-electron chi connectivity index (χ4n) is 2.93. The third-order valence-electron chi connectivity index (χ3n) is 4.26. The van der Waals surface area contributed by atoms with Gasteiger partial charge in [-0.25, -0.2) is 0 Å². The molecule has 0 amide bonds. The van der Waals surface area contributed by atoms with Crippen molar-refractivity contribution in [2.45, 2.75) is 45.7 Å². The molecule has 0 N–H and O–H groups in total. The van der Waals surface area contributed by atoms with Gasteiger partial charge >= 0.3 is 0 Å². The van der Waals surface area contributed by atoms with Crippen LogP contribution in [-0.4, -0.2) is 53.0 Å². The Hall–Kier alpha value is -0.840. The molecule has 0 aliphatic carbocycles. The molecular weight excluding hydrogens is 288 g/mol. The van der Waals surface area contributed by atoms with Crippen LogP contribution in [0.25, 0.3) is 0 Å². The highest BCUT2D eigenvalue weighted by molar-refractivity contribution is 6.33. The molecule has 0 saturated carbocycles. The van der Waals surface area contributed by atoms with E-state index in [1.807, 2.05) is 19.9 Å². The largest absolute Gasteiger partial charge is 0.374 e. The zero-order valence-corrected chi connectivity index (χ0v) is 14.1. The first-order valence-electron chi connectivity index (χ1n) is 7.63. The van der Waals surface area contributed by atoms with Crippen molar-refractivity contribution in [3.8, 4) is 0 Å². The molecule has 0 spiro atoms. The summed E-state index contributed by atoms with van der Waals surface area (Å²) in [6.07, 6.45) is 0.180. The molecule has 1 saturated heterocycles. The molecule has 4 nitrogen and oxygen atoms in total. The number of alkyl halides is 1. The van der Waals surface area contributed by atoms with Gasteiger partial charge in [-0.3, -0.25) is 9.69 Å². The van der Waals surface area contributed by atoms with E-state index in [0.717, 1.165) is 49.7 Å². The summed E-state index contributed by atoms with van der Waals surface area (Å²) in [5, 5.41) is -0.486. The third kappa shape index (κ3) is 3.68. The Kier molecular flexibility index (Phi) is 5.47. The molecule has 2 rings (SSSR count). The summed E-state index contributed by atoms with van der Waals surface area (Å²) in [7, 11) is 0. The number of aromatic nitrogens is 1. The molecule has 1 aliphatic heterocycles. The van der Waals surface area contributed by atoms with Gasteiger partial charge in [0.25, 0.3) is 0 Å². The minimum absolute atomic E-state index is 0.00392. The molecule has 21 heavy (non-hydrogen) atoms. The zero-order chi connectivity index (χ0) is 15.6. The predicted molar refractivity (Wildman–Crippen MR) is 85.4 cm³/mol. The minimum atomic E-state index is -0.486. The van der Waals surface area contributed by atoms with Crippen LogP contribution in [0.4, 0.5) is 0 Å². The van der Waals surface area contributed by atoms with Crippen LogP contribution in [-0.2, 0) is 11.3 Å². The summed E-state index contributed by atoms with van der Waals surface area (Å²) in [6, 6.07) is 1.94. The number of carbonyl (C=O) groups excluding carboxylic acids is 1. The smallest absolute Gasteiger partial charge is 0.182 e. The fourth-order valence-corrected chi connectivity index (χ4v) is 3.05. The number of halogens is 1. The summed E-state index contributed by atoms with van der Waals surface area (Å²) in [5.74, 6) is -0.00392. The SMILES string of the molecule is CCN1CCOC(Cn2c(C)cc(C(=O)C(C)Cl)c2C)C1. The molecule has 2 heterocycles. The number of morpholine rings is 1. The van der Waals surface area contributed by atoms with Crippen molar-refractivity contribution in [1.29, 1.82) is 0 Å². The number of ether oxygens (including phenoxy) is 1. The van der Waals surface area contributed by atoms with Crippen molar-refractivity contribution in [2.75, 3.05) is 26.2 Å². The molecular formula is C16H25ClN2O2. The number of rotatable bonds is 5. The van der Waals surface area contributed by atoms with Crippen LogP contribution >= 0.6 is 11.6 Å². The molecule has 0 bridgehead atoms. The average Bonchev–Trinajstić information content (AvgIpc) is 2.74. The standard InChI is InChI=1S/C16H25ClN2O2/c1-5-18-6-7-21-14(9-18)10-19-11(2)8-15(13(19)4)16(20)12(3)17/h8,12,14H,5-7,9-10H2,1-4H3. The van der Waals surface area contributed by atoms with E-state index in [2.05, 4.69) is 16.4 Å². The second kappa shape index (κ2) is 6.95. The fraction of sp³-hybridized carbons (Fsp3) is 0.688. The second-order valence-electron chi connectivity index (χ2n) is 5.76. The van der Waals surface area contributed by atoms with Crippen molar-refractivity contribution in [3.63, 3.8) is 0 Å². The van der Waals surface area contributed by atoms with Crippen molar-refractivity contribution < 1.29 is 9.53 Å². The van der Waals surface area contributed by atoms with E-state index in [9.17, 15) is 4.79 Å². The topological polar surface area (TPSA) is 34.5 Å². The monoisotopic (exact) mass is 312 g/mol. The Bertz CT molecular complexity index is 511. The highest BCUT2D eigenvalue weighted by Crippen LogP contribution is 2.20. The van der Waals surface area contributed by atoms with Gasteiger partial charge in [-0.15, -0.1) is 11.6 Å². The summed E-state index contributed by atoms with van der Waals surface area (Å²) in [6.45, 7) is 12.5. The van der Waals surface area contributed by atoms with Crippen molar-refractivity contribution in [3.05, 3.63) is 23.0 Å². The molecule has 1 aromatic rings. The van der Waals surface area contributed by atoms with Crippen LogP contribution < -0.4 is 0 Å². The van der Waals surface area contributed by atoms with Crippen LogP contribution in [0.1, 0.15) is 35.6 Å². The molecule has 0 aromatic carbocycles. The quantitative estimate of drug-likeness (QED) is 0.619. The Morgan fingerprint density at radius 3 is 2.86 bits per heavy atom. The molecule has 2 atom stereocenters. The van der Waals surface area contributed by atoms with Gasteiger partial charge in [-0.1, -0.05) is 6.92 Å². The van der Waals surface area contributed by atoms with Gasteiger partial charge in [0.2, 0.25) is 0 Å². The molecule has 1 fully saturated rings. The lowest BCUT2D eigenvalue weighted by molar-refractivity contribution is -0.0346. The van der Waals surface area contributed by atoms with Crippen LogP contribution in [0.15, 0.2) is 6.07 Å². The van der Waals surface area contributed by atoms with Gasteiger partial charge in [0.1, 0.15) is 0 Å². The summed E-state index contributed by atoms with van der Waals surface area (Å²) < 4.78 is 8.04. The highest BCUT2D eigenvalue weighted by Gasteiger charge is 2.23. The number of nitrogens with zero attached hydrogens (tertiary/aromatic N) is 2. The lowest BCUT2D eigenvalue weighted by Crippen LogP contribution is -2.44. The van der Waals surface area contributed by atoms with Gasteiger partial charge in [0.15, 0.2) is 5.78 Å². The number of carbonyl (C=O) groups is 1. The number of Topliss-reactive ketones (excluding diaryl/α,β-unsaturated/α-hetero) is 1. The van der Waals surface area contributed by atoms with E-state index >= 15 is 0 Å². The van der Waals surface area contributed by atoms with Crippen molar-refractivity contribution in [2.24, 2.45) is 0 Å². The Morgan fingerprint density at radius 2 is 2.24 bits per heavy atom. The Balaban J connectivity index is 2.15. The summed E-state index contributed by atoms with van der Waals surface area (Å²) in [5.41, 5.74) is 2.81. The maximum Gasteiger partial charge on any atom is 0.182 e. The van der Waals surface area contributed by atoms with Gasteiger partial charge in [-0.05, 0) is 33.4 Å². The van der Waals surface area contributed by atoms with Crippen LogP contribution in [0, 0.1) is 13.8 Å². The summed E-state index contributed by atoms with van der Waals surface area (Å²) >= 11 is 5.94. The molecule has 1 aromatic heterocycles. The van der Waals surface area contributed by atoms with Crippen LogP contribution in [0.5, 0.6) is 0 Å². The minimum Gasteiger partial charge on any atom is -0.374 e. The van der Waals surface area contributed by atoms with Gasteiger partial charge in [0.05, 0.1) is 24.6 Å². The lowest BCUT2D eigenvalue weighted by atomic mass is 10.1. The third-order valence-corrected chi connectivity index (χ3v) is 4.45. The highest BCUT2D eigenvalue weighted by atomic mass is 35.5. The van der Waals surface area contributed by atoms with Gasteiger partial charge < -0.3 is 9.30 Å². The Labute approximate surface area is 132 Å². The first kappa shape index (κ1) is 16.5. The van der Waals surface area contributed by atoms with Crippen LogP contribution in [0.3, 0.4) is 0 Å². The lowest BCUT2D eigenvalue weighted by Gasteiger charge is -2.32. The average molecular weight is 313 g/mol. The normalized spacial score (nSPS) is 21.5. The maximum atomic E-state index is 12.1. The number of ketones is 1. The maximum absolute atomic E-state index is 12.1. The van der Waals surface area contributed by atoms with E-state index < -0.39 is 5.38 Å². The second-order valence-corrected chi connectivity index (χ2v) is 6.42. The zero-order valence-electron chi connectivity index (χ0n) is 13.4. The van der Waals surface area contributed by atoms with E-state index in [-0.39, 0.29) is 11.9 Å². The molecule has 5 heteroatoms. The van der Waals surface area contributed by atoms with Crippen LogP contribution in [0.2, 0.25) is 0 Å². The van der Waals surface area contributed by atoms with Gasteiger partial charge in [-0.2, -0.15) is 0 Å². The number of hydrogen-bond acceptors (Lipinski definition) is 3. The van der Waals surface area contributed by atoms with Crippen molar-refractivity contribution >= 4 is 17.4 Å². The Morgan fingerprint density at radius 1 is 1.52 bits per heavy atom. The number of aryl methyl sites for hydroxylation is 1.